The van der Waals surface area contributed by atoms with Crippen molar-refractivity contribution in [1.82, 2.24) is 0 Å². The number of aryl methyl sites for hydroxylation is 1. The van der Waals surface area contributed by atoms with Gasteiger partial charge >= 0.3 is 0 Å². The number of carbonyl (C=O) groups is 1. The van der Waals surface area contributed by atoms with Gasteiger partial charge in [0.1, 0.15) is 5.75 Å². The number of hydrogen-bond acceptors (Lipinski definition) is 2. The molecule has 1 aromatic carbocycles. The molecule has 3 heteroatoms. The van der Waals surface area contributed by atoms with Crippen LogP contribution in [0.1, 0.15) is 5.56 Å². The molecule has 64 valence electrons. The SMILES string of the molecule is Cc1ccc(OCC(N)=O)cc1. The first-order chi connectivity index (χ1) is 5.68. The van der Waals surface area contributed by atoms with E-state index in [0.29, 0.717) is 5.75 Å². The zero-order chi connectivity index (χ0) is 8.97. The molecule has 0 heterocycles. The second kappa shape index (κ2) is 3.76. The molecule has 0 aliphatic carbocycles. The molecule has 1 aromatic rings. The van der Waals surface area contributed by atoms with E-state index in [-0.39, 0.29) is 6.61 Å². The molecule has 0 fully saturated rings. The summed E-state index contributed by atoms with van der Waals surface area (Å²) in [5, 5.41) is 0. The van der Waals surface area contributed by atoms with Gasteiger partial charge in [-0.25, -0.2) is 0 Å². The van der Waals surface area contributed by atoms with Crippen LogP contribution >= 0.6 is 0 Å². The molecule has 0 aromatic heterocycles. The van der Waals surface area contributed by atoms with Crippen LogP contribution in [0.5, 0.6) is 5.75 Å². The summed E-state index contributed by atoms with van der Waals surface area (Å²) in [5.41, 5.74) is 6.06. The van der Waals surface area contributed by atoms with Crippen LogP contribution in [0.4, 0.5) is 0 Å². The van der Waals surface area contributed by atoms with Crippen LogP contribution in [0.2, 0.25) is 0 Å². The van der Waals surface area contributed by atoms with Gasteiger partial charge in [-0.1, -0.05) is 17.7 Å². The minimum atomic E-state index is -0.462. The third-order valence-electron chi connectivity index (χ3n) is 1.40. The highest BCUT2D eigenvalue weighted by molar-refractivity contribution is 5.75. The Labute approximate surface area is 71.1 Å². The maximum atomic E-state index is 10.3. The molecule has 3 nitrogen and oxygen atoms in total. The normalized spacial score (nSPS) is 9.42. The lowest BCUT2D eigenvalue weighted by Crippen LogP contribution is -2.19. The number of rotatable bonds is 3. The minimum absolute atomic E-state index is 0.0664. The fraction of sp³-hybridized carbons (Fsp3) is 0.222. The molecule has 0 saturated heterocycles. The Morgan fingerprint density at radius 2 is 2.00 bits per heavy atom. The van der Waals surface area contributed by atoms with Gasteiger partial charge in [0.15, 0.2) is 6.61 Å². The van der Waals surface area contributed by atoms with Crippen LogP contribution in [0, 0.1) is 6.92 Å². The summed E-state index contributed by atoms with van der Waals surface area (Å²) in [4.78, 5) is 10.3. The van der Waals surface area contributed by atoms with Gasteiger partial charge < -0.3 is 10.5 Å². The molecule has 12 heavy (non-hydrogen) atoms. The van der Waals surface area contributed by atoms with Gasteiger partial charge in [0.2, 0.25) is 0 Å². The second-order valence-corrected chi connectivity index (χ2v) is 2.57. The van der Waals surface area contributed by atoms with E-state index in [0.717, 1.165) is 5.56 Å². The zero-order valence-electron chi connectivity index (χ0n) is 6.91. The van der Waals surface area contributed by atoms with Crippen LogP contribution in [-0.2, 0) is 4.79 Å². The summed E-state index contributed by atoms with van der Waals surface area (Å²) in [6.07, 6.45) is 0. The first-order valence-electron chi connectivity index (χ1n) is 3.66. The Balaban J connectivity index is 2.53. The van der Waals surface area contributed by atoms with E-state index < -0.39 is 5.91 Å². The van der Waals surface area contributed by atoms with Crippen LogP contribution in [-0.4, -0.2) is 12.5 Å². The number of primary amides is 1. The summed E-state index contributed by atoms with van der Waals surface area (Å²) >= 11 is 0. The Morgan fingerprint density at radius 1 is 1.42 bits per heavy atom. The van der Waals surface area contributed by atoms with Crippen molar-refractivity contribution < 1.29 is 9.53 Å². The van der Waals surface area contributed by atoms with Crippen molar-refractivity contribution >= 4 is 5.91 Å². The van der Waals surface area contributed by atoms with Crippen LogP contribution < -0.4 is 10.5 Å². The van der Waals surface area contributed by atoms with E-state index >= 15 is 0 Å². The molecule has 0 atom stereocenters. The largest absolute Gasteiger partial charge is 0.484 e. The summed E-state index contributed by atoms with van der Waals surface area (Å²) in [6, 6.07) is 7.43. The topological polar surface area (TPSA) is 52.3 Å². The summed E-state index contributed by atoms with van der Waals surface area (Å²) < 4.78 is 5.05. The highest BCUT2D eigenvalue weighted by Gasteiger charge is 1.95. The van der Waals surface area contributed by atoms with Crippen molar-refractivity contribution in [1.29, 1.82) is 0 Å². The number of hydrogen-bond donors (Lipinski definition) is 1. The molecular weight excluding hydrogens is 154 g/mol. The zero-order valence-corrected chi connectivity index (χ0v) is 6.91. The number of nitrogens with two attached hydrogens (primary N) is 1. The Kier molecular flexibility index (Phi) is 2.69. The van der Waals surface area contributed by atoms with Gasteiger partial charge in [-0.3, -0.25) is 4.79 Å². The van der Waals surface area contributed by atoms with Crippen LogP contribution in [0.25, 0.3) is 0 Å². The third kappa shape index (κ3) is 2.62. The highest BCUT2D eigenvalue weighted by atomic mass is 16.5. The van der Waals surface area contributed by atoms with Gasteiger partial charge in [0.25, 0.3) is 5.91 Å². The first kappa shape index (κ1) is 8.59. The van der Waals surface area contributed by atoms with Crippen molar-refractivity contribution in [3.8, 4) is 5.75 Å². The van der Waals surface area contributed by atoms with Gasteiger partial charge in [-0.2, -0.15) is 0 Å². The second-order valence-electron chi connectivity index (χ2n) is 2.57. The highest BCUT2D eigenvalue weighted by Crippen LogP contribution is 2.10. The molecule has 1 amide bonds. The predicted molar refractivity (Wildman–Crippen MR) is 45.9 cm³/mol. The number of benzene rings is 1. The molecule has 1 rings (SSSR count). The van der Waals surface area contributed by atoms with Crippen molar-refractivity contribution in [2.45, 2.75) is 6.92 Å². The van der Waals surface area contributed by atoms with Gasteiger partial charge in [0, 0.05) is 0 Å². The van der Waals surface area contributed by atoms with Crippen molar-refractivity contribution in [2.24, 2.45) is 5.73 Å². The average molecular weight is 165 g/mol. The molecule has 0 spiro atoms. The molecule has 0 aliphatic rings. The molecule has 0 bridgehead atoms. The van der Waals surface area contributed by atoms with E-state index in [4.69, 9.17) is 10.5 Å². The van der Waals surface area contributed by atoms with Crippen molar-refractivity contribution in [2.75, 3.05) is 6.61 Å². The number of carbonyl (C=O) groups excluding carboxylic acids is 1. The fourth-order valence-electron chi connectivity index (χ4n) is 0.789. The van der Waals surface area contributed by atoms with E-state index in [9.17, 15) is 4.79 Å². The maximum Gasteiger partial charge on any atom is 0.255 e. The lowest BCUT2D eigenvalue weighted by Gasteiger charge is -2.02. The molecule has 0 aliphatic heterocycles. The first-order valence-corrected chi connectivity index (χ1v) is 3.66. The van der Waals surface area contributed by atoms with Crippen molar-refractivity contribution in [3.63, 3.8) is 0 Å². The smallest absolute Gasteiger partial charge is 0.255 e. The van der Waals surface area contributed by atoms with E-state index in [1.165, 1.54) is 0 Å². The summed E-state index contributed by atoms with van der Waals surface area (Å²) in [5.74, 6) is 0.204. The molecule has 0 saturated carbocycles. The van der Waals surface area contributed by atoms with E-state index in [2.05, 4.69) is 0 Å². The number of ether oxygens (including phenoxy) is 1. The summed E-state index contributed by atoms with van der Waals surface area (Å²) in [6.45, 7) is 1.92. The molecule has 0 unspecified atom stereocenters. The van der Waals surface area contributed by atoms with E-state index in [1.807, 2.05) is 19.1 Å². The Hall–Kier alpha value is -1.51. The molecular formula is C9H11NO2. The lowest BCUT2D eigenvalue weighted by atomic mass is 10.2. The quantitative estimate of drug-likeness (QED) is 0.722. The van der Waals surface area contributed by atoms with Gasteiger partial charge in [-0.15, -0.1) is 0 Å². The Morgan fingerprint density at radius 3 is 2.50 bits per heavy atom. The maximum absolute atomic E-state index is 10.3. The molecule has 0 radical (unpaired) electrons. The lowest BCUT2D eigenvalue weighted by molar-refractivity contribution is -0.119. The average Bonchev–Trinajstić information content (AvgIpc) is 2.03. The standard InChI is InChI=1S/C9H11NO2/c1-7-2-4-8(5-3-7)12-6-9(10)11/h2-5H,6H2,1H3,(H2,10,11). The molecule has 2 N–H and O–H groups in total. The number of amides is 1. The predicted octanol–water partition coefficient (Wildman–Crippen LogP) is 0.859. The van der Waals surface area contributed by atoms with Crippen LogP contribution in [0.3, 0.4) is 0 Å². The minimum Gasteiger partial charge on any atom is -0.484 e. The van der Waals surface area contributed by atoms with Crippen molar-refractivity contribution in [3.05, 3.63) is 29.8 Å². The fourth-order valence-corrected chi connectivity index (χ4v) is 0.789. The summed E-state index contributed by atoms with van der Waals surface area (Å²) in [7, 11) is 0. The van der Waals surface area contributed by atoms with Gasteiger partial charge in [0.05, 0.1) is 0 Å². The van der Waals surface area contributed by atoms with Crippen LogP contribution in [0.15, 0.2) is 24.3 Å². The monoisotopic (exact) mass is 165 g/mol. The third-order valence-corrected chi connectivity index (χ3v) is 1.40. The Bertz CT molecular complexity index is 266. The van der Waals surface area contributed by atoms with Gasteiger partial charge in [-0.05, 0) is 19.1 Å². The van der Waals surface area contributed by atoms with E-state index in [1.54, 1.807) is 12.1 Å².